The Morgan fingerprint density at radius 1 is 0.951 bits per heavy atom. The Morgan fingerprint density at radius 2 is 1.54 bits per heavy atom. The second-order valence-electron chi connectivity index (χ2n) is 10.0. The number of nitrogens with zero attached hydrogens (tertiary/aromatic N) is 2. The van der Waals surface area contributed by atoms with Crippen molar-refractivity contribution in [3.05, 3.63) is 124 Å². The van der Waals surface area contributed by atoms with E-state index in [0.717, 1.165) is 26.9 Å². The van der Waals surface area contributed by atoms with Crippen LogP contribution in [0.25, 0.3) is 0 Å². The molecule has 0 spiro atoms. The van der Waals surface area contributed by atoms with E-state index in [-0.39, 0.29) is 30.6 Å². The molecule has 3 aromatic carbocycles. The predicted octanol–water partition coefficient (Wildman–Crippen LogP) is 5.11. The molecule has 41 heavy (non-hydrogen) atoms. The van der Waals surface area contributed by atoms with Crippen LogP contribution in [0.4, 0.5) is 5.82 Å². The number of nitrogen functional groups attached to an aromatic ring is 1. The summed E-state index contributed by atoms with van der Waals surface area (Å²) in [4.78, 5) is 16.8. The Hall–Kier alpha value is -3.25. The van der Waals surface area contributed by atoms with Gasteiger partial charge in [0.1, 0.15) is 23.3 Å². The van der Waals surface area contributed by atoms with Gasteiger partial charge in [-0.1, -0.05) is 95.4 Å². The number of rotatable bonds is 10. The standard InChI is InChI=1S/C32H34IN3O5/c1-21-19-36(31(37)35-29(21)34)30-28(39-3)26(18-33)27(41-30)20-40-32(22-10-6-4-7-11-22,23-12-8-5-9-13-23)24-14-16-25(38-2)17-15-24/h4-17,19,26-28,30H,18,20H2,1-3H3,(H2,34,35,37)/t26-,27-,28-,30-/m1/s1. The first-order chi connectivity index (χ1) is 19.9. The molecule has 1 fully saturated rings. The smallest absolute Gasteiger partial charge is 0.351 e. The zero-order chi connectivity index (χ0) is 29.0. The average molecular weight is 668 g/mol. The number of nitrogens with two attached hydrogens (primary N) is 1. The average Bonchev–Trinajstić information content (AvgIpc) is 3.38. The predicted molar refractivity (Wildman–Crippen MR) is 166 cm³/mol. The van der Waals surface area contributed by atoms with E-state index in [0.29, 0.717) is 5.56 Å². The zero-order valence-corrected chi connectivity index (χ0v) is 25.4. The number of hydrogen-bond acceptors (Lipinski definition) is 7. The molecule has 4 atom stereocenters. The minimum absolute atomic E-state index is 0.0459. The molecule has 1 aromatic heterocycles. The van der Waals surface area contributed by atoms with Gasteiger partial charge in [0.15, 0.2) is 6.23 Å². The Bertz CT molecular complexity index is 1460. The molecule has 2 heterocycles. The number of benzene rings is 3. The van der Waals surface area contributed by atoms with E-state index in [1.165, 1.54) is 4.57 Å². The highest BCUT2D eigenvalue weighted by Crippen LogP contribution is 2.43. The first kappa shape index (κ1) is 29.2. The number of alkyl halides is 1. The molecule has 1 saturated heterocycles. The third-order valence-electron chi connectivity index (χ3n) is 7.71. The van der Waals surface area contributed by atoms with Crippen molar-refractivity contribution in [1.82, 2.24) is 9.55 Å². The van der Waals surface area contributed by atoms with Gasteiger partial charge in [-0.3, -0.25) is 4.57 Å². The molecule has 4 aromatic rings. The molecule has 0 unspecified atom stereocenters. The second-order valence-corrected chi connectivity index (χ2v) is 10.9. The summed E-state index contributed by atoms with van der Waals surface area (Å²) in [6.45, 7) is 2.06. The molecular weight excluding hydrogens is 633 g/mol. The van der Waals surface area contributed by atoms with Gasteiger partial charge in [0, 0.05) is 29.2 Å². The quantitative estimate of drug-likeness (QED) is 0.143. The molecular formula is C32H34IN3O5. The first-order valence-corrected chi connectivity index (χ1v) is 14.9. The van der Waals surface area contributed by atoms with Gasteiger partial charge >= 0.3 is 5.69 Å². The van der Waals surface area contributed by atoms with Crippen LogP contribution >= 0.6 is 22.6 Å². The van der Waals surface area contributed by atoms with Crippen molar-refractivity contribution < 1.29 is 18.9 Å². The van der Waals surface area contributed by atoms with Crippen molar-refractivity contribution in [2.75, 3.05) is 31.0 Å². The minimum Gasteiger partial charge on any atom is -0.497 e. The van der Waals surface area contributed by atoms with Crippen molar-refractivity contribution in [2.24, 2.45) is 5.92 Å². The van der Waals surface area contributed by atoms with Crippen molar-refractivity contribution in [3.8, 4) is 5.75 Å². The van der Waals surface area contributed by atoms with Crippen LogP contribution < -0.4 is 16.2 Å². The molecule has 0 aliphatic carbocycles. The van der Waals surface area contributed by atoms with Gasteiger partial charge in [0.25, 0.3) is 0 Å². The molecule has 0 radical (unpaired) electrons. The lowest BCUT2D eigenvalue weighted by molar-refractivity contribution is -0.0925. The zero-order valence-electron chi connectivity index (χ0n) is 23.3. The lowest BCUT2D eigenvalue weighted by Crippen LogP contribution is -2.38. The minimum atomic E-state index is -0.940. The van der Waals surface area contributed by atoms with Crippen LogP contribution in [0.15, 0.2) is 95.9 Å². The van der Waals surface area contributed by atoms with Crippen LogP contribution in [0.1, 0.15) is 28.5 Å². The van der Waals surface area contributed by atoms with Gasteiger partial charge in [-0.2, -0.15) is 4.98 Å². The fraction of sp³-hybridized carbons (Fsp3) is 0.312. The van der Waals surface area contributed by atoms with Crippen molar-refractivity contribution >= 4 is 28.4 Å². The van der Waals surface area contributed by atoms with Crippen LogP contribution in [0.2, 0.25) is 0 Å². The fourth-order valence-electron chi connectivity index (χ4n) is 5.54. The Balaban J connectivity index is 1.57. The van der Waals surface area contributed by atoms with Crippen molar-refractivity contribution in [3.63, 3.8) is 0 Å². The molecule has 9 heteroatoms. The number of methoxy groups -OCH3 is 2. The van der Waals surface area contributed by atoms with E-state index in [4.69, 9.17) is 24.7 Å². The topological polar surface area (TPSA) is 97.8 Å². The largest absolute Gasteiger partial charge is 0.497 e. The summed E-state index contributed by atoms with van der Waals surface area (Å²) in [5.74, 6) is 0.922. The summed E-state index contributed by atoms with van der Waals surface area (Å²) < 4.78 is 27.3. The number of ether oxygens (including phenoxy) is 4. The Kier molecular flexibility index (Phi) is 9.08. The summed E-state index contributed by atoms with van der Waals surface area (Å²) in [7, 11) is 3.29. The third kappa shape index (κ3) is 5.63. The molecule has 1 aliphatic rings. The molecule has 5 rings (SSSR count). The van der Waals surface area contributed by atoms with Crippen molar-refractivity contribution in [1.29, 1.82) is 0 Å². The first-order valence-electron chi connectivity index (χ1n) is 13.4. The van der Waals surface area contributed by atoms with Gasteiger partial charge < -0.3 is 24.7 Å². The van der Waals surface area contributed by atoms with Gasteiger partial charge in [-0.15, -0.1) is 0 Å². The molecule has 214 valence electrons. The van der Waals surface area contributed by atoms with Gasteiger partial charge in [0.05, 0.1) is 19.8 Å². The van der Waals surface area contributed by atoms with E-state index in [1.807, 2.05) is 67.6 Å². The van der Waals surface area contributed by atoms with E-state index < -0.39 is 17.5 Å². The van der Waals surface area contributed by atoms with E-state index >= 15 is 0 Å². The number of halogens is 1. The van der Waals surface area contributed by atoms with Crippen LogP contribution in [0, 0.1) is 12.8 Å². The molecule has 0 amide bonds. The van der Waals surface area contributed by atoms with E-state index in [2.05, 4.69) is 51.8 Å². The molecule has 8 nitrogen and oxygen atoms in total. The van der Waals surface area contributed by atoms with Gasteiger partial charge in [-0.25, -0.2) is 4.79 Å². The van der Waals surface area contributed by atoms with Gasteiger partial charge in [0.2, 0.25) is 0 Å². The molecule has 2 N–H and O–H groups in total. The molecule has 0 saturated carbocycles. The maximum atomic E-state index is 12.9. The monoisotopic (exact) mass is 667 g/mol. The van der Waals surface area contributed by atoms with Crippen LogP contribution in [0.5, 0.6) is 5.75 Å². The summed E-state index contributed by atoms with van der Waals surface area (Å²) >= 11 is 2.34. The maximum absolute atomic E-state index is 12.9. The lowest BCUT2D eigenvalue weighted by Gasteiger charge is -2.37. The molecule has 1 aliphatic heterocycles. The fourth-order valence-corrected chi connectivity index (χ4v) is 6.60. The summed E-state index contributed by atoms with van der Waals surface area (Å²) in [5, 5.41) is 0. The van der Waals surface area contributed by atoms with Crippen LogP contribution in [0.3, 0.4) is 0 Å². The van der Waals surface area contributed by atoms with E-state index in [1.54, 1.807) is 20.4 Å². The highest BCUT2D eigenvalue weighted by Gasteiger charge is 2.47. The van der Waals surface area contributed by atoms with Crippen LogP contribution in [-0.2, 0) is 19.8 Å². The Labute approximate surface area is 253 Å². The summed E-state index contributed by atoms with van der Waals surface area (Å²) in [5.41, 5.74) is 8.08. The number of aromatic nitrogens is 2. The Morgan fingerprint density at radius 3 is 2.07 bits per heavy atom. The summed E-state index contributed by atoms with van der Waals surface area (Å²) in [6, 6.07) is 28.3. The number of aryl methyl sites for hydroxylation is 1. The number of anilines is 1. The third-order valence-corrected chi connectivity index (χ3v) is 8.73. The highest BCUT2D eigenvalue weighted by atomic mass is 127. The lowest BCUT2D eigenvalue weighted by atomic mass is 9.80. The SMILES string of the molecule is COc1ccc(C(OC[C@H]2O[C@@H](n3cc(C)c(N)nc3=O)[C@H](OC)[C@@H]2CI)(c2ccccc2)c2ccccc2)cc1. The van der Waals surface area contributed by atoms with Crippen LogP contribution in [-0.4, -0.2) is 47.0 Å². The maximum Gasteiger partial charge on any atom is 0.351 e. The summed E-state index contributed by atoms with van der Waals surface area (Å²) in [6.07, 6.45) is 0.268. The van der Waals surface area contributed by atoms with E-state index in [9.17, 15) is 4.79 Å². The molecule has 0 bridgehead atoms. The normalized spacial score (nSPS) is 20.7. The van der Waals surface area contributed by atoms with Crippen molar-refractivity contribution in [2.45, 2.75) is 31.0 Å². The second kappa shape index (κ2) is 12.7. The highest BCUT2D eigenvalue weighted by molar-refractivity contribution is 14.1. The number of hydrogen-bond donors (Lipinski definition) is 1. The van der Waals surface area contributed by atoms with Gasteiger partial charge in [-0.05, 0) is 35.7 Å².